The molecule has 2 amide bonds. The SMILES string of the molecule is Cc1ccc(S(C)(=O)=O)c(C)c1NC(=O)N1CCC[C@@H]1c1nnc(C)n1Cc1ccc(Cl)cc1. The molecule has 1 aromatic heterocycles. The van der Waals surface area contributed by atoms with Crippen molar-refractivity contribution in [2.75, 3.05) is 18.1 Å². The minimum atomic E-state index is -3.41. The lowest BCUT2D eigenvalue weighted by atomic mass is 10.1. The highest BCUT2D eigenvalue weighted by Gasteiger charge is 2.34. The summed E-state index contributed by atoms with van der Waals surface area (Å²) in [6.45, 7) is 6.61. The van der Waals surface area contributed by atoms with E-state index in [2.05, 4.69) is 15.5 Å². The molecule has 1 aliphatic heterocycles. The first-order chi connectivity index (χ1) is 16.1. The van der Waals surface area contributed by atoms with E-state index in [9.17, 15) is 13.2 Å². The Hall–Kier alpha value is -2.91. The van der Waals surface area contributed by atoms with Gasteiger partial charge in [0.25, 0.3) is 0 Å². The number of aryl methyl sites for hydroxylation is 2. The van der Waals surface area contributed by atoms with Gasteiger partial charge in [-0.15, -0.1) is 10.2 Å². The molecule has 1 aliphatic rings. The predicted molar refractivity (Wildman–Crippen MR) is 132 cm³/mol. The van der Waals surface area contributed by atoms with Crippen LogP contribution >= 0.6 is 11.6 Å². The first-order valence-electron chi connectivity index (χ1n) is 11.1. The maximum atomic E-state index is 13.4. The van der Waals surface area contributed by atoms with Crippen LogP contribution in [0.2, 0.25) is 5.02 Å². The number of halogens is 1. The lowest BCUT2D eigenvalue weighted by Gasteiger charge is -2.26. The standard InChI is InChI=1S/C24H28ClN5O3S/c1-15-7-12-21(34(4,32)33)16(2)22(15)26-24(31)29-13-5-6-20(29)23-28-27-17(3)30(23)14-18-8-10-19(25)11-9-18/h7-12,20H,5-6,13-14H2,1-4H3,(H,26,31)/t20-/m1/s1. The molecule has 34 heavy (non-hydrogen) atoms. The third kappa shape index (κ3) is 4.81. The Morgan fingerprint density at radius 3 is 2.50 bits per heavy atom. The zero-order valence-corrected chi connectivity index (χ0v) is 21.2. The number of aromatic nitrogens is 3. The van der Waals surface area contributed by atoms with Gasteiger partial charge in [-0.05, 0) is 68.5 Å². The van der Waals surface area contributed by atoms with Crippen molar-refractivity contribution in [1.82, 2.24) is 19.7 Å². The number of rotatable bonds is 5. The summed E-state index contributed by atoms with van der Waals surface area (Å²) in [5.74, 6) is 1.50. The van der Waals surface area contributed by atoms with Gasteiger partial charge in [0, 0.05) is 23.5 Å². The van der Waals surface area contributed by atoms with Gasteiger partial charge in [-0.1, -0.05) is 29.8 Å². The van der Waals surface area contributed by atoms with E-state index in [0.29, 0.717) is 29.4 Å². The number of carbonyl (C=O) groups is 1. The summed E-state index contributed by atoms with van der Waals surface area (Å²) in [5, 5.41) is 12.3. The fourth-order valence-corrected chi connectivity index (χ4v) is 5.59. The van der Waals surface area contributed by atoms with Crippen LogP contribution in [0.1, 0.15) is 47.2 Å². The number of sulfone groups is 1. The molecule has 8 nitrogen and oxygen atoms in total. The molecule has 1 atom stereocenters. The van der Waals surface area contributed by atoms with Gasteiger partial charge in [-0.25, -0.2) is 13.2 Å². The molecule has 2 heterocycles. The number of urea groups is 1. The van der Waals surface area contributed by atoms with E-state index in [1.807, 2.05) is 42.7 Å². The number of likely N-dealkylation sites (tertiary alicyclic amines) is 1. The Labute approximate surface area is 204 Å². The van der Waals surface area contributed by atoms with Gasteiger partial charge in [0.2, 0.25) is 0 Å². The second-order valence-electron chi connectivity index (χ2n) is 8.75. The first-order valence-corrected chi connectivity index (χ1v) is 13.3. The highest BCUT2D eigenvalue weighted by Crippen LogP contribution is 2.33. The van der Waals surface area contributed by atoms with Gasteiger partial charge in [0.05, 0.1) is 17.5 Å². The lowest BCUT2D eigenvalue weighted by Crippen LogP contribution is -2.36. The largest absolute Gasteiger partial charge is 0.322 e. The van der Waals surface area contributed by atoms with E-state index in [4.69, 9.17) is 11.6 Å². The Morgan fingerprint density at radius 1 is 1.12 bits per heavy atom. The number of carbonyl (C=O) groups excluding carboxylic acids is 1. The summed E-state index contributed by atoms with van der Waals surface area (Å²) in [7, 11) is -3.41. The normalized spacial score (nSPS) is 16.1. The van der Waals surface area contributed by atoms with Crippen LogP contribution in [0.25, 0.3) is 0 Å². The van der Waals surface area contributed by atoms with Crippen LogP contribution in [0.5, 0.6) is 0 Å². The van der Waals surface area contributed by atoms with E-state index < -0.39 is 9.84 Å². The number of amides is 2. The number of anilines is 1. The van der Waals surface area contributed by atoms with E-state index >= 15 is 0 Å². The zero-order chi connectivity index (χ0) is 24.6. The molecule has 2 aromatic carbocycles. The summed E-state index contributed by atoms with van der Waals surface area (Å²) < 4.78 is 26.3. The summed E-state index contributed by atoms with van der Waals surface area (Å²) in [4.78, 5) is 15.3. The maximum Gasteiger partial charge on any atom is 0.322 e. The smallest absolute Gasteiger partial charge is 0.314 e. The molecule has 0 bridgehead atoms. The van der Waals surface area contributed by atoms with Crippen molar-refractivity contribution in [2.24, 2.45) is 0 Å². The Kier molecular flexibility index (Phi) is 6.69. The summed E-state index contributed by atoms with van der Waals surface area (Å²) in [6.07, 6.45) is 2.78. The molecular weight excluding hydrogens is 474 g/mol. The number of hydrogen-bond acceptors (Lipinski definition) is 5. The second kappa shape index (κ2) is 9.38. The monoisotopic (exact) mass is 501 g/mol. The third-order valence-corrected chi connectivity index (χ3v) is 7.78. The minimum absolute atomic E-state index is 0.213. The van der Waals surface area contributed by atoms with Crippen LogP contribution in [0.3, 0.4) is 0 Å². The van der Waals surface area contributed by atoms with Crippen LogP contribution < -0.4 is 5.32 Å². The fourth-order valence-electron chi connectivity index (χ4n) is 4.49. The molecule has 1 saturated heterocycles. The van der Waals surface area contributed by atoms with Crippen molar-refractivity contribution in [3.05, 3.63) is 69.8 Å². The van der Waals surface area contributed by atoms with Gasteiger partial charge in [0.15, 0.2) is 15.7 Å². The molecule has 1 N–H and O–H groups in total. The Morgan fingerprint density at radius 2 is 1.82 bits per heavy atom. The molecule has 0 saturated carbocycles. The van der Waals surface area contributed by atoms with Crippen molar-refractivity contribution in [2.45, 2.75) is 51.1 Å². The van der Waals surface area contributed by atoms with Crippen molar-refractivity contribution < 1.29 is 13.2 Å². The quantitative estimate of drug-likeness (QED) is 0.547. The Bertz CT molecular complexity index is 1340. The van der Waals surface area contributed by atoms with Crippen molar-refractivity contribution in [1.29, 1.82) is 0 Å². The number of nitrogens with one attached hydrogen (secondary N) is 1. The molecule has 10 heteroatoms. The number of hydrogen-bond donors (Lipinski definition) is 1. The van der Waals surface area contributed by atoms with Gasteiger partial charge in [0.1, 0.15) is 5.82 Å². The van der Waals surface area contributed by atoms with Crippen LogP contribution in [-0.2, 0) is 16.4 Å². The highest BCUT2D eigenvalue weighted by atomic mass is 35.5. The minimum Gasteiger partial charge on any atom is -0.314 e. The molecule has 180 valence electrons. The van der Waals surface area contributed by atoms with Crippen molar-refractivity contribution >= 4 is 33.2 Å². The molecular formula is C24H28ClN5O3S. The summed E-state index contributed by atoms with van der Waals surface area (Å²) >= 11 is 6.02. The molecule has 0 spiro atoms. The van der Waals surface area contributed by atoms with E-state index in [1.54, 1.807) is 24.0 Å². The molecule has 1 fully saturated rings. The van der Waals surface area contributed by atoms with Gasteiger partial charge < -0.3 is 14.8 Å². The van der Waals surface area contributed by atoms with Gasteiger partial charge >= 0.3 is 6.03 Å². The average Bonchev–Trinajstić information content (AvgIpc) is 3.38. The van der Waals surface area contributed by atoms with Gasteiger partial charge in [-0.2, -0.15) is 0 Å². The van der Waals surface area contributed by atoms with Crippen LogP contribution in [0, 0.1) is 20.8 Å². The number of benzene rings is 2. The van der Waals surface area contributed by atoms with Crippen LogP contribution in [0.4, 0.5) is 10.5 Å². The number of nitrogens with zero attached hydrogens (tertiary/aromatic N) is 4. The van der Waals surface area contributed by atoms with E-state index in [-0.39, 0.29) is 17.0 Å². The predicted octanol–water partition coefficient (Wildman–Crippen LogP) is 4.68. The van der Waals surface area contributed by atoms with E-state index in [1.165, 1.54) is 6.26 Å². The average molecular weight is 502 g/mol. The molecule has 0 unspecified atom stereocenters. The topological polar surface area (TPSA) is 97.2 Å². The highest BCUT2D eigenvalue weighted by molar-refractivity contribution is 7.90. The maximum absolute atomic E-state index is 13.4. The molecule has 0 aliphatic carbocycles. The third-order valence-electron chi connectivity index (χ3n) is 6.29. The molecule has 0 radical (unpaired) electrons. The lowest BCUT2D eigenvalue weighted by molar-refractivity contribution is 0.203. The summed E-state index contributed by atoms with van der Waals surface area (Å²) in [5.41, 5.74) is 2.92. The van der Waals surface area contributed by atoms with Crippen LogP contribution in [0.15, 0.2) is 41.3 Å². The van der Waals surface area contributed by atoms with Crippen molar-refractivity contribution in [3.63, 3.8) is 0 Å². The Balaban J connectivity index is 1.61. The fraction of sp³-hybridized carbons (Fsp3) is 0.375. The molecule has 4 rings (SSSR count). The zero-order valence-electron chi connectivity index (χ0n) is 19.7. The van der Waals surface area contributed by atoms with Gasteiger partial charge in [-0.3, -0.25) is 0 Å². The molecule has 3 aromatic rings. The first kappa shape index (κ1) is 24.2. The summed E-state index contributed by atoms with van der Waals surface area (Å²) in [6, 6.07) is 10.4. The van der Waals surface area contributed by atoms with E-state index in [0.717, 1.165) is 35.6 Å². The second-order valence-corrected chi connectivity index (χ2v) is 11.2. The van der Waals surface area contributed by atoms with Crippen LogP contribution in [-0.4, -0.2) is 46.9 Å². The van der Waals surface area contributed by atoms with Crippen molar-refractivity contribution in [3.8, 4) is 0 Å².